The van der Waals surface area contributed by atoms with E-state index in [1.54, 1.807) is 18.2 Å². The zero-order chi connectivity index (χ0) is 15.6. The van der Waals surface area contributed by atoms with Crippen molar-refractivity contribution >= 4 is 9.84 Å². The minimum atomic E-state index is -3.38. The molecule has 0 heterocycles. The average molecular weight is 303 g/mol. The molecule has 2 aromatic rings. The summed E-state index contributed by atoms with van der Waals surface area (Å²) in [7, 11) is -3.38. The third kappa shape index (κ3) is 3.93. The van der Waals surface area contributed by atoms with Gasteiger partial charge in [0.05, 0.1) is 10.6 Å². The van der Waals surface area contributed by atoms with Crippen molar-refractivity contribution in [1.82, 2.24) is 0 Å². The van der Waals surface area contributed by atoms with E-state index in [9.17, 15) is 8.42 Å². The number of hydrogen-bond donors (Lipinski definition) is 1. The van der Waals surface area contributed by atoms with Crippen LogP contribution in [0, 0.1) is 20.8 Å². The molecule has 2 rings (SSSR count). The topological polar surface area (TPSA) is 60.2 Å². The van der Waals surface area contributed by atoms with Crippen molar-refractivity contribution in [3.8, 4) is 0 Å². The van der Waals surface area contributed by atoms with Gasteiger partial charge in [-0.3, -0.25) is 0 Å². The zero-order valence-corrected chi connectivity index (χ0v) is 13.4. The van der Waals surface area contributed by atoms with Crippen molar-refractivity contribution in [2.45, 2.75) is 31.7 Å². The molecule has 3 nitrogen and oxygen atoms in total. The fourth-order valence-corrected chi connectivity index (χ4v) is 3.97. The predicted octanol–water partition coefficient (Wildman–Crippen LogP) is 3.09. The van der Waals surface area contributed by atoms with E-state index in [1.807, 2.05) is 45.0 Å². The van der Waals surface area contributed by atoms with Crippen LogP contribution in [0.4, 0.5) is 0 Å². The summed E-state index contributed by atoms with van der Waals surface area (Å²) in [5.41, 5.74) is 10.1. The molecule has 0 bridgehead atoms. The van der Waals surface area contributed by atoms with Crippen LogP contribution in [0.15, 0.2) is 47.4 Å². The number of nitrogens with two attached hydrogens (primary N) is 1. The second-order valence-corrected chi connectivity index (χ2v) is 7.66. The molecule has 21 heavy (non-hydrogen) atoms. The molecule has 0 saturated heterocycles. The highest BCUT2D eigenvalue weighted by Gasteiger charge is 2.20. The summed E-state index contributed by atoms with van der Waals surface area (Å²) in [4.78, 5) is 0.335. The minimum absolute atomic E-state index is 0.0840. The highest BCUT2D eigenvalue weighted by molar-refractivity contribution is 7.91. The van der Waals surface area contributed by atoms with Crippen molar-refractivity contribution in [2.75, 3.05) is 5.75 Å². The molecule has 1 atom stereocenters. The first kappa shape index (κ1) is 15.7. The molecule has 4 heteroatoms. The quantitative estimate of drug-likeness (QED) is 0.944. The minimum Gasteiger partial charge on any atom is -0.323 e. The maximum atomic E-state index is 12.5. The number of hydrogen-bond acceptors (Lipinski definition) is 3. The number of aryl methyl sites for hydroxylation is 3. The number of sulfone groups is 1. The predicted molar refractivity (Wildman–Crippen MR) is 86.1 cm³/mol. The third-order valence-electron chi connectivity index (χ3n) is 3.42. The van der Waals surface area contributed by atoms with Crippen LogP contribution in [0.3, 0.4) is 0 Å². The van der Waals surface area contributed by atoms with Crippen molar-refractivity contribution in [3.63, 3.8) is 0 Å². The van der Waals surface area contributed by atoms with Gasteiger partial charge in [0.15, 0.2) is 9.84 Å². The summed E-state index contributed by atoms with van der Waals surface area (Å²) in [6, 6.07) is 12.4. The fraction of sp³-hybridized carbons (Fsp3) is 0.294. The van der Waals surface area contributed by atoms with Gasteiger partial charge in [-0.05, 0) is 44.0 Å². The highest BCUT2D eigenvalue weighted by atomic mass is 32.2. The molecule has 0 amide bonds. The molecular formula is C17H21NO2S. The van der Waals surface area contributed by atoms with E-state index in [0.717, 1.165) is 22.3 Å². The maximum Gasteiger partial charge on any atom is 0.180 e. The van der Waals surface area contributed by atoms with Crippen molar-refractivity contribution < 1.29 is 8.42 Å². The average Bonchev–Trinajstić information content (AvgIpc) is 2.37. The molecule has 0 spiro atoms. The van der Waals surface area contributed by atoms with Crippen LogP contribution in [0.5, 0.6) is 0 Å². The number of rotatable bonds is 4. The molecule has 2 N–H and O–H groups in total. The SMILES string of the molecule is Cc1cc(C)cc(C(N)CS(=O)(=O)c2cccc(C)c2)c1. The molecule has 1 unspecified atom stereocenters. The van der Waals surface area contributed by atoms with Gasteiger partial charge in [0.25, 0.3) is 0 Å². The Hall–Kier alpha value is -1.65. The lowest BCUT2D eigenvalue weighted by Crippen LogP contribution is -2.22. The van der Waals surface area contributed by atoms with E-state index < -0.39 is 15.9 Å². The first-order valence-corrected chi connectivity index (χ1v) is 8.56. The highest BCUT2D eigenvalue weighted by Crippen LogP contribution is 2.21. The van der Waals surface area contributed by atoms with Crippen LogP contribution in [-0.4, -0.2) is 14.2 Å². The van der Waals surface area contributed by atoms with Gasteiger partial charge in [0.2, 0.25) is 0 Å². The van der Waals surface area contributed by atoms with E-state index in [-0.39, 0.29) is 5.75 Å². The molecule has 112 valence electrons. The van der Waals surface area contributed by atoms with E-state index in [1.165, 1.54) is 0 Å². The summed E-state index contributed by atoms with van der Waals surface area (Å²) < 4.78 is 24.9. The largest absolute Gasteiger partial charge is 0.323 e. The number of benzene rings is 2. The molecule has 2 aromatic carbocycles. The summed E-state index contributed by atoms with van der Waals surface area (Å²) in [6.45, 7) is 5.85. The van der Waals surface area contributed by atoms with Crippen LogP contribution in [0.1, 0.15) is 28.3 Å². The smallest absolute Gasteiger partial charge is 0.180 e. The zero-order valence-electron chi connectivity index (χ0n) is 12.6. The Balaban J connectivity index is 2.27. The third-order valence-corrected chi connectivity index (χ3v) is 5.19. The molecule has 0 aliphatic heterocycles. The van der Waals surface area contributed by atoms with Gasteiger partial charge in [-0.15, -0.1) is 0 Å². The van der Waals surface area contributed by atoms with Gasteiger partial charge >= 0.3 is 0 Å². The summed E-state index contributed by atoms with van der Waals surface area (Å²) in [5, 5.41) is 0. The Bertz CT molecular complexity index is 731. The maximum absolute atomic E-state index is 12.5. The van der Waals surface area contributed by atoms with Gasteiger partial charge in [-0.25, -0.2) is 8.42 Å². The Kier molecular flexibility index (Phi) is 4.49. The molecular weight excluding hydrogens is 282 g/mol. The van der Waals surface area contributed by atoms with E-state index in [4.69, 9.17) is 5.73 Å². The standard InChI is InChI=1S/C17H21NO2S/c1-12-5-4-6-16(10-12)21(19,20)11-17(18)15-8-13(2)7-14(3)9-15/h4-10,17H,11,18H2,1-3H3. The van der Waals surface area contributed by atoms with Gasteiger partial charge in [-0.2, -0.15) is 0 Å². The fourth-order valence-electron chi connectivity index (χ4n) is 2.46. The lowest BCUT2D eigenvalue weighted by Gasteiger charge is -2.14. The Morgan fingerprint density at radius 1 is 0.952 bits per heavy atom. The molecule has 0 aromatic heterocycles. The second kappa shape index (κ2) is 6.00. The lowest BCUT2D eigenvalue weighted by molar-refractivity contribution is 0.588. The van der Waals surface area contributed by atoms with Crippen LogP contribution in [0.2, 0.25) is 0 Å². The Morgan fingerprint density at radius 2 is 1.57 bits per heavy atom. The molecule has 0 radical (unpaired) electrons. The van der Waals surface area contributed by atoms with Crippen molar-refractivity contribution in [1.29, 1.82) is 0 Å². The van der Waals surface area contributed by atoms with Crippen LogP contribution in [0.25, 0.3) is 0 Å². The van der Waals surface area contributed by atoms with Crippen LogP contribution >= 0.6 is 0 Å². The van der Waals surface area contributed by atoms with Gasteiger partial charge in [0.1, 0.15) is 0 Å². The lowest BCUT2D eigenvalue weighted by atomic mass is 10.0. The van der Waals surface area contributed by atoms with E-state index in [0.29, 0.717) is 4.90 Å². The summed E-state index contributed by atoms with van der Waals surface area (Å²) in [6.07, 6.45) is 0. The first-order chi connectivity index (χ1) is 9.78. The Labute approximate surface area is 126 Å². The van der Waals surface area contributed by atoms with E-state index in [2.05, 4.69) is 0 Å². The van der Waals surface area contributed by atoms with Crippen molar-refractivity contribution in [2.24, 2.45) is 5.73 Å². The Morgan fingerprint density at radius 3 is 2.14 bits per heavy atom. The molecule has 0 aliphatic carbocycles. The van der Waals surface area contributed by atoms with Gasteiger partial charge < -0.3 is 5.73 Å². The molecule has 0 saturated carbocycles. The molecule has 0 aliphatic rings. The van der Waals surface area contributed by atoms with Gasteiger partial charge in [0, 0.05) is 6.04 Å². The van der Waals surface area contributed by atoms with Crippen molar-refractivity contribution in [3.05, 3.63) is 64.7 Å². The normalized spacial score (nSPS) is 13.1. The summed E-state index contributed by atoms with van der Waals surface area (Å²) in [5.74, 6) is -0.0840. The van der Waals surface area contributed by atoms with Crippen LogP contribution < -0.4 is 5.73 Å². The van der Waals surface area contributed by atoms with Crippen LogP contribution in [-0.2, 0) is 9.84 Å². The molecule has 0 fully saturated rings. The first-order valence-electron chi connectivity index (χ1n) is 6.91. The van der Waals surface area contributed by atoms with E-state index >= 15 is 0 Å². The monoisotopic (exact) mass is 303 g/mol. The second-order valence-electron chi connectivity index (χ2n) is 5.63. The summed E-state index contributed by atoms with van der Waals surface area (Å²) >= 11 is 0. The van der Waals surface area contributed by atoms with Gasteiger partial charge in [-0.1, -0.05) is 41.5 Å².